The van der Waals surface area contributed by atoms with Gasteiger partial charge in [-0.1, -0.05) is 18.9 Å². The fraction of sp³-hybridized carbons (Fsp3) is 0.857. The Kier molecular flexibility index (Phi) is 3.25. The maximum Gasteiger partial charge on any atom is 0.315 e. The molecule has 3 saturated carbocycles. The van der Waals surface area contributed by atoms with Crippen LogP contribution in [0, 0.1) is 23.2 Å². The number of nitrogens with one attached hydrogen (secondary N) is 2. The van der Waals surface area contributed by atoms with Crippen LogP contribution < -0.4 is 10.6 Å². The SMILES string of the molecule is CNCc1nnc(NC[C@H]2CC[C@@H]3C[C@H]2C3(C)C)o1. The lowest BCUT2D eigenvalue weighted by Crippen LogP contribution is -2.53. The highest BCUT2D eigenvalue weighted by Crippen LogP contribution is 2.61. The lowest BCUT2D eigenvalue weighted by atomic mass is 9.45. The number of fused-ring (bicyclic) bond motifs is 2. The molecule has 5 heteroatoms. The van der Waals surface area contributed by atoms with Crippen LogP contribution in [0.25, 0.3) is 0 Å². The molecule has 0 radical (unpaired) electrons. The van der Waals surface area contributed by atoms with E-state index in [1.54, 1.807) is 0 Å². The van der Waals surface area contributed by atoms with Gasteiger partial charge in [-0.25, -0.2) is 0 Å². The molecule has 3 atom stereocenters. The number of hydrogen-bond acceptors (Lipinski definition) is 5. The van der Waals surface area contributed by atoms with Gasteiger partial charge >= 0.3 is 6.01 Å². The van der Waals surface area contributed by atoms with Crippen LogP contribution in [-0.2, 0) is 6.54 Å². The summed E-state index contributed by atoms with van der Waals surface area (Å²) in [4.78, 5) is 0. The van der Waals surface area contributed by atoms with Crippen molar-refractivity contribution in [3.63, 3.8) is 0 Å². The van der Waals surface area contributed by atoms with E-state index in [0.29, 0.717) is 23.9 Å². The topological polar surface area (TPSA) is 63.0 Å². The zero-order chi connectivity index (χ0) is 13.5. The minimum atomic E-state index is 0.538. The predicted molar refractivity (Wildman–Crippen MR) is 73.7 cm³/mol. The zero-order valence-corrected chi connectivity index (χ0v) is 12.1. The van der Waals surface area contributed by atoms with E-state index in [2.05, 4.69) is 34.7 Å². The van der Waals surface area contributed by atoms with E-state index in [1.165, 1.54) is 19.3 Å². The third-order valence-corrected chi connectivity index (χ3v) is 5.31. The van der Waals surface area contributed by atoms with Crippen LogP contribution in [0.4, 0.5) is 6.01 Å². The second kappa shape index (κ2) is 4.78. The molecule has 19 heavy (non-hydrogen) atoms. The molecule has 3 fully saturated rings. The Morgan fingerprint density at radius 1 is 1.32 bits per heavy atom. The fourth-order valence-corrected chi connectivity index (χ4v) is 3.97. The van der Waals surface area contributed by atoms with E-state index in [9.17, 15) is 0 Å². The maximum absolute atomic E-state index is 5.52. The Morgan fingerprint density at radius 2 is 2.16 bits per heavy atom. The van der Waals surface area contributed by atoms with Gasteiger partial charge in [-0.15, -0.1) is 5.10 Å². The van der Waals surface area contributed by atoms with Crippen molar-refractivity contribution in [1.29, 1.82) is 0 Å². The number of nitrogens with zero attached hydrogens (tertiary/aromatic N) is 2. The van der Waals surface area contributed by atoms with Crippen molar-refractivity contribution < 1.29 is 4.42 Å². The average molecular weight is 264 g/mol. The molecule has 3 aliphatic carbocycles. The first kappa shape index (κ1) is 12.9. The van der Waals surface area contributed by atoms with Gasteiger partial charge in [0.25, 0.3) is 0 Å². The summed E-state index contributed by atoms with van der Waals surface area (Å²) in [5, 5.41) is 14.3. The van der Waals surface area contributed by atoms with Gasteiger partial charge in [0.1, 0.15) is 0 Å². The van der Waals surface area contributed by atoms with E-state index >= 15 is 0 Å². The molecule has 0 saturated heterocycles. The van der Waals surface area contributed by atoms with Crippen molar-refractivity contribution in [1.82, 2.24) is 15.5 Å². The summed E-state index contributed by atoms with van der Waals surface area (Å²) in [6, 6.07) is 0.560. The van der Waals surface area contributed by atoms with Gasteiger partial charge in [0, 0.05) is 6.54 Å². The molecule has 1 aromatic rings. The van der Waals surface area contributed by atoms with Gasteiger partial charge < -0.3 is 15.1 Å². The minimum absolute atomic E-state index is 0.538. The van der Waals surface area contributed by atoms with Crippen LogP contribution >= 0.6 is 0 Å². The number of anilines is 1. The Morgan fingerprint density at radius 3 is 2.84 bits per heavy atom. The molecule has 2 bridgehead atoms. The van der Waals surface area contributed by atoms with E-state index in [0.717, 1.165) is 24.3 Å². The van der Waals surface area contributed by atoms with Crippen molar-refractivity contribution in [3.05, 3.63) is 5.89 Å². The largest absolute Gasteiger partial charge is 0.407 e. The van der Waals surface area contributed by atoms with Gasteiger partial charge in [0.15, 0.2) is 0 Å². The van der Waals surface area contributed by atoms with E-state index in [-0.39, 0.29) is 0 Å². The standard InChI is InChI=1S/C14H24N4O/c1-14(2)10-5-4-9(11(14)6-10)7-16-13-18-17-12(19-13)8-15-3/h9-11,15H,4-8H2,1-3H3,(H,16,18)/t9-,10-,11-/m1/s1. The summed E-state index contributed by atoms with van der Waals surface area (Å²) < 4.78 is 5.52. The van der Waals surface area contributed by atoms with Gasteiger partial charge in [0.2, 0.25) is 5.89 Å². The quantitative estimate of drug-likeness (QED) is 0.854. The molecule has 0 aliphatic heterocycles. The number of aromatic nitrogens is 2. The van der Waals surface area contributed by atoms with Crippen LogP contribution in [0.3, 0.4) is 0 Å². The Balaban J connectivity index is 1.54. The molecule has 1 aromatic heterocycles. The molecule has 0 aromatic carbocycles. The molecule has 106 valence electrons. The molecule has 0 unspecified atom stereocenters. The van der Waals surface area contributed by atoms with Gasteiger partial charge in [-0.05, 0) is 49.5 Å². The van der Waals surface area contributed by atoms with Gasteiger partial charge in [0.05, 0.1) is 6.54 Å². The highest BCUT2D eigenvalue weighted by molar-refractivity contribution is 5.18. The molecule has 5 nitrogen and oxygen atoms in total. The summed E-state index contributed by atoms with van der Waals surface area (Å²) in [6.07, 6.45) is 4.13. The van der Waals surface area contributed by atoms with Crippen molar-refractivity contribution in [3.8, 4) is 0 Å². The average Bonchev–Trinajstić information content (AvgIpc) is 2.84. The van der Waals surface area contributed by atoms with Gasteiger partial charge in [-0.2, -0.15) is 0 Å². The fourth-order valence-electron chi connectivity index (χ4n) is 3.97. The zero-order valence-electron chi connectivity index (χ0n) is 12.1. The Bertz CT molecular complexity index is 440. The van der Waals surface area contributed by atoms with Crippen LogP contribution in [0.15, 0.2) is 4.42 Å². The summed E-state index contributed by atoms with van der Waals surface area (Å²) in [6.45, 7) is 6.43. The molecule has 3 aliphatic rings. The second-order valence-electron chi connectivity index (χ2n) is 6.61. The van der Waals surface area contributed by atoms with Crippen molar-refractivity contribution >= 4 is 6.01 Å². The lowest BCUT2D eigenvalue weighted by Gasteiger charge is -2.60. The van der Waals surface area contributed by atoms with E-state index in [1.807, 2.05) is 7.05 Å². The van der Waals surface area contributed by atoms with Crippen molar-refractivity contribution in [2.75, 3.05) is 18.9 Å². The van der Waals surface area contributed by atoms with E-state index in [4.69, 9.17) is 4.42 Å². The minimum Gasteiger partial charge on any atom is -0.407 e. The highest BCUT2D eigenvalue weighted by atomic mass is 16.4. The van der Waals surface area contributed by atoms with E-state index < -0.39 is 0 Å². The smallest absolute Gasteiger partial charge is 0.315 e. The normalized spacial score (nSPS) is 31.8. The van der Waals surface area contributed by atoms with Crippen molar-refractivity contribution in [2.45, 2.75) is 39.7 Å². The highest BCUT2D eigenvalue weighted by Gasteiger charge is 2.53. The molecule has 4 rings (SSSR count). The number of hydrogen-bond donors (Lipinski definition) is 2. The monoisotopic (exact) mass is 264 g/mol. The molecular weight excluding hydrogens is 240 g/mol. The van der Waals surface area contributed by atoms with Crippen molar-refractivity contribution in [2.24, 2.45) is 23.2 Å². The maximum atomic E-state index is 5.52. The Hall–Kier alpha value is -1.10. The third kappa shape index (κ3) is 2.24. The molecule has 2 N–H and O–H groups in total. The third-order valence-electron chi connectivity index (χ3n) is 5.31. The van der Waals surface area contributed by atoms with Crippen LogP contribution in [0.5, 0.6) is 0 Å². The summed E-state index contributed by atoms with van der Waals surface area (Å²) in [5.74, 6) is 3.20. The van der Waals surface area contributed by atoms with Crippen LogP contribution in [0.1, 0.15) is 39.0 Å². The molecule has 0 amide bonds. The Labute approximate surface area is 114 Å². The molecular formula is C14H24N4O. The molecule has 0 spiro atoms. The summed E-state index contributed by atoms with van der Waals surface area (Å²) in [5.41, 5.74) is 0.538. The first-order chi connectivity index (χ1) is 9.11. The first-order valence-electron chi connectivity index (χ1n) is 7.32. The summed E-state index contributed by atoms with van der Waals surface area (Å²) >= 11 is 0. The lowest BCUT2D eigenvalue weighted by molar-refractivity contribution is -0.100. The predicted octanol–water partition coefficient (Wildman–Crippen LogP) is 2.27. The van der Waals surface area contributed by atoms with Crippen LogP contribution in [0.2, 0.25) is 0 Å². The van der Waals surface area contributed by atoms with Crippen LogP contribution in [-0.4, -0.2) is 23.8 Å². The summed E-state index contributed by atoms with van der Waals surface area (Å²) in [7, 11) is 1.87. The second-order valence-corrected chi connectivity index (χ2v) is 6.61. The van der Waals surface area contributed by atoms with Gasteiger partial charge in [-0.3, -0.25) is 0 Å². The number of rotatable bonds is 5. The molecule has 1 heterocycles. The first-order valence-corrected chi connectivity index (χ1v) is 7.32.